The summed E-state index contributed by atoms with van der Waals surface area (Å²) in [5.74, 6) is -0.920. The first kappa shape index (κ1) is 18.5. The van der Waals surface area contributed by atoms with Crippen LogP contribution in [0.15, 0.2) is 79.2 Å². The summed E-state index contributed by atoms with van der Waals surface area (Å²) < 4.78 is 15.1. The molecule has 0 unspecified atom stereocenters. The molecule has 0 saturated carbocycles. The van der Waals surface area contributed by atoms with Gasteiger partial charge in [-0.05, 0) is 24.3 Å². The maximum absolute atomic E-state index is 13.5. The van der Waals surface area contributed by atoms with Crippen LogP contribution in [-0.4, -0.2) is 26.6 Å². The number of benzene rings is 2. The summed E-state index contributed by atoms with van der Waals surface area (Å²) in [6.07, 6.45) is 4.75. The normalized spacial score (nSPS) is 13.1. The molecule has 1 heterocycles. The molecule has 0 saturated heterocycles. The number of hydrogen-bond acceptors (Lipinski definition) is 5. The van der Waals surface area contributed by atoms with Gasteiger partial charge in [-0.25, -0.2) is 9.07 Å². The van der Waals surface area contributed by atoms with Gasteiger partial charge in [0, 0.05) is 22.9 Å². The van der Waals surface area contributed by atoms with Gasteiger partial charge in [-0.15, -0.1) is 11.7 Å². The van der Waals surface area contributed by atoms with Gasteiger partial charge in [0.15, 0.2) is 5.78 Å². The number of fused-ring (bicyclic) bond motifs is 1. The molecule has 1 aliphatic carbocycles. The van der Waals surface area contributed by atoms with Gasteiger partial charge in [-0.2, -0.15) is 0 Å². The first-order valence-corrected chi connectivity index (χ1v) is 8.99. The second-order valence-electron chi connectivity index (χ2n) is 6.55. The zero-order chi connectivity index (χ0) is 20.4. The lowest BCUT2D eigenvalue weighted by Crippen LogP contribution is -2.31. The number of anilines is 1. The monoisotopic (exact) mass is 388 g/mol. The Labute approximate surface area is 166 Å². The van der Waals surface area contributed by atoms with Gasteiger partial charge < -0.3 is 4.90 Å². The summed E-state index contributed by atoms with van der Waals surface area (Å²) in [5, 5.41) is 8.15. The fourth-order valence-corrected chi connectivity index (χ4v) is 3.23. The molecule has 29 heavy (non-hydrogen) atoms. The topological polar surface area (TPSA) is 68.1 Å². The number of Topliss-reactive ketones (excluding diaryl/α,β-unsaturated/α-hetero) is 1. The van der Waals surface area contributed by atoms with Crippen LogP contribution in [0.4, 0.5) is 10.1 Å². The van der Waals surface area contributed by atoms with E-state index in [1.807, 2.05) is 0 Å². The van der Waals surface area contributed by atoms with Crippen LogP contribution in [0, 0.1) is 5.82 Å². The molecule has 1 aliphatic rings. The van der Waals surface area contributed by atoms with E-state index in [-0.39, 0.29) is 23.8 Å². The first-order chi connectivity index (χ1) is 14.1. The van der Waals surface area contributed by atoms with Crippen molar-refractivity contribution in [1.82, 2.24) is 15.0 Å². The van der Waals surface area contributed by atoms with Gasteiger partial charge in [0.1, 0.15) is 11.5 Å². The van der Waals surface area contributed by atoms with E-state index in [1.54, 1.807) is 58.3 Å². The molecule has 0 atom stereocenters. The third kappa shape index (κ3) is 3.62. The van der Waals surface area contributed by atoms with Gasteiger partial charge in [0.2, 0.25) is 5.78 Å². The van der Waals surface area contributed by atoms with Crippen LogP contribution < -0.4 is 4.90 Å². The van der Waals surface area contributed by atoms with Gasteiger partial charge >= 0.3 is 0 Å². The van der Waals surface area contributed by atoms with E-state index in [0.717, 1.165) is 0 Å². The van der Waals surface area contributed by atoms with Crippen LogP contribution in [0.1, 0.15) is 26.4 Å². The van der Waals surface area contributed by atoms with E-state index in [4.69, 9.17) is 0 Å². The number of carbonyl (C=O) groups excluding carboxylic acids is 2. The van der Waals surface area contributed by atoms with Crippen molar-refractivity contribution in [2.24, 2.45) is 0 Å². The molecule has 1 aromatic heterocycles. The van der Waals surface area contributed by atoms with E-state index in [2.05, 4.69) is 16.9 Å². The standard InChI is InChI=1S/C22H17FN4O2/c1-2-11-26-13-16(24-25-26)14-27(17-9-7-15(23)8-10-17)20-12-21(28)18-5-3-4-6-19(18)22(20)29/h2-10,12-13H,1,11,14H2. The Hall–Kier alpha value is -3.87. The molecule has 0 fully saturated rings. The third-order valence-corrected chi connectivity index (χ3v) is 4.59. The third-order valence-electron chi connectivity index (χ3n) is 4.59. The zero-order valence-electron chi connectivity index (χ0n) is 15.5. The van der Waals surface area contributed by atoms with E-state index in [1.165, 1.54) is 18.2 Å². The number of ketones is 2. The number of hydrogen-bond donors (Lipinski definition) is 0. The fraction of sp³-hybridized carbons (Fsp3) is 0.0909. The Bertz CT molecular complexity index is 1130. The van der Waals surface area contributed by atoms with Crippen LogP contribution in [0.25, 0.3) is 0 Å². The van der Waals surface area contributed by atoms with Crippen molar-refractivity contribution in [3.8, 4) is 0 Å². The number of aromatic nitrogens is 3. The van der Waals surface area contributed by atoms with Crippen LogP contribution in [-0.2, 0) is 13.1 Å². The van der Waals surface area contributed by atoms with E-state index in [0.29, 0.717) is 29.1 Å². The highest BCUT2D eigenvalue weighted by Gasteiger charge is 2.30. The van der Waals surface area contributed by atoms with Crippen molar-refractivity contribution in [2.75, 3.05) is 4.90 Å². The highest BCUT2D eigenvalue weighted by Crippen LogP contribution is 2.29. The summed E-state index contributed by atoms with van der Waals surface area (Å²) in [6.45, 7) is 4.36. The summed E-state index contributed by atoms with van der Waals surface area (Å²) in [4.78, 5) is 27.4. The lowest BCUT2D eigenvalue weighted by atomic mass is 9.92. The van der Waals surface area contributed by atoms with E-state index >= 15 is 0 Å². The first-order valence-electron chi connectivity index (χ1n) is 8.99. The molecule has 0 N–H and O–H groups in total. The van der Waals surface area contributed by atoms with Crippen LogP contribution in [0.2, 0.25) is 0 Å². The largest absolute Gasteiger partial charge is 0.332 e. The van der Waals surface area contributed by atoms with Crippen molar-refractivity contribution >= 4 is 17.3 Å². The van der Waals surface area contributed by atoms with Crippen LogP contribution in [0.5, 0.6) is 0 Å². The molecular formula is C22H17FN4O2. The summed E-state index contributed by atoms with van der Waals surface area (Å²) in [6, 6.07) is 12.4. The number of rotatable bonds is 6. The second-order valence-corrected chi connectivity index (χ2v) is 6.55. The predicted octanol–water partition coefficient (Wildman–Crippen LogP) is 3.57. The van der Waals surface area contributed by atoms with Gasteiger partial charge in [0.05, 0.1) is 25.0 Å². The van der Waals surface area contributed by atoms with Crippen molar-refractivity contribution in [3.05, 3.63) is 102 Å². The van der Waals surface area contributed by atoms with Crippen LogP contribution in [0.3, 0.4) is 0 Å². The average Bonchev–Trinajstić information content (AvgIpc) is 3.17. The van der Waals surface area contributed by atoms with E-state index in [9.17, 15) is 14.0 Å². The Balaban J connectivity index is 1.76. The average molecular weight is 388 g/mol. The molecular weight excluding hydrogens is 371 g/mol. The molecule has 2 aromatic carbocycles. The molecule has 6 nitrogen and oxygen atoms in total. The highest BCUT2D eigenvalue weighted by atomic mass is 19.1. The van der Waals surface area contributed by atoms with E-state index < -0.39 is 5.82 Å². The summed E-state index contributed by atoms with van der Waals surface area (Å²) in [7, 11) is 0. The Kier molecular flexibility index (Phi) is 4.87. The Morgan fingerprint density at radius 1 is 1.07 bits per heavy atom. The minimum Gasteiger partial charge on any atom is -0.332 e. The number of halogens is 1. The quantitative estimate of drug-likeness (QED) is 0.604. The maximum atomic E-state index is 13.5. The molecule has 144 valence electrons. The summed E-state index contributed by atoms with van der Waals surface area (Å²) in [5.41, 5.74) is 2.08. The number of nitrogens with zero attached hydrogens (tertiary/aromatic N) is 4. The molecule has 3 aromatic rings. The number of carbonyl (C=O) groups is 2. The lowest BCUT2D eigenvalue weighted by molar-refractivity contribution is 0.0981. The van der Waals surface area contributed by atoms with Gasteiger partial charge in [-0.3, -0.25) is 9.59 Å². The highest BCUT2D eigenvalue weighted by molar-refractivity contribution is 6.25. The van der Waals surface area contributed by atoms with Crippen LogP contribution >= 0.6 is 0 Å². The molecule has 0 radical (unpaired) electrons. The zero-order valence-corrected chi connectivity index (χ0v) is 15.5. The van der Waals surface area contributed by atoms with Crippen molar-refractivity contribution in [2.45, 2.75) is 13.1 Å². The van der Waals surface area contributed by atoms with Crippen molar-refractivity contribution < 1.29 is 14.0 Å². The summed E-state index contributed by atoms with van der Waals surface area (Å²) >= 11 is 0. The number of allylic oxidation sites excluding steroid dienone is 3. The Morgan fingerprint density at radius 3 is 2.52 bits per heavy atom. The molecule has 4 rings (SSSR count). The molecule has 0 spiro atoms. The molecule has 7 heteroatoms. The minimum absolute atomic E-state index is 0.190. The lowest BCUT2D eigenvalue weighted by Gasteiger charge is -2.28. The molecule has 0 aliphatic heterocycles. The SMILES string of the molecule is C=CCn1cc(CN(C2=CC(=O)c3ccccc3C2=O)c2ccc(F)cc2)nn1. The van der Waals surface area contributed by atoms with Gasteiger partial charge in [-0.1, -0.05) is 35.6 Å². The maximum Gasteiger partial charge on any atom is 0.210 e. The van der Waals surface area contributed by atoms with Crippen molar-refractivity contribution in [3.63, 3.8) is 0 Å². The fourth-order valence-electron chi connectivity index (χ4n) is 3.23. The minimum atomic E-state index is -0.393. The second kappa shape index (κ2) is 7.63. The smallest absolute Gasteiger partial charge is 0.210 e. The van der Waals surface area contributed by atoms with Crippen molar-refractivity contribution in [1.29, 1.82) is 0 Å². The predicted molar refractivity (Wildman–Crippen MR) is 106 cm³/mol. The Morgan fingerprint density at radius 2 is 1.79 bits per heavy atom. The molecule has 0 bridgehead atoms. The molecule has 0 amide bonds. The van der Waals surface area contributed by atoms with Gasteiger partial charge in [0.25, 0.3) is 0 Å².